The van der Waals surface area contributed by atoms with Crippen LogP contribution in [-0.4, -0.2) is 0 Å². The highest BCUT2D eigenvalue weighted by Crippen LogP contribution is 2.18. The lowest BCUT2D eigenvalue weighted by Crippen LogP contribution is -1.85. The van der Waals surface area contributed by atoms with Crippen LogP contribution >= 0.6 is 0 Å². The van der Waals surface area contributed by atoms with E-state index in [1.165, 1.54) is 35.1 Å². The van der Waals surface area contributed by atoms with Crippen molar-refractivity contribution in [1.29, 1.82) is 0 Å². The van der Waals surface area contributed by atoms with Crippen LogP contribution in [0.3, 0.4) is 0 Å². The molecule has 0 fully saturated rings. The molecule has 1 aromatic rings. The van der Waals surface area contributed by atoms with Gasteiger partial charge < -0.3 is 0 Å². The molecule has 0 unspecified atom stereocenters. The molecule has 0 saturated carbocycles. The van der Waals surface area contributed by atoms with Gasteiger partial charge in [-0.05, 0) is 49.5 Å². The van der Waals surface area contributed by atoms with E-state index in [2.05, 4.69) is 52.0 Å². The van der Waals surface area contributed by atoms with Gasteiger partial charge in [-0.15, -0.1) is 0 Å². The lowest BCUT2D eigenvalue weighted by molar-refractivity contribution is 0.959. The standard InChI is InChI=1S/C14H20/c1-5-6-7-12(3)14-9-8-11(2)13(4)10-14/h7-10H,5-6H2,1-4H3/b12-7+. The molecule has 0 aromatic heterocycles. The van der Waals surface area contributed by atoms with E-state index in [-0.39, 0.29) is 0 Å². The van der Waals surface area contributed by atoms with Crippen molar-refractivity contribution in [3.05, 3.63) is 41.0 Å². The molecular weight excluding hydrogens is 168 g/mol. The van der Waals surface area contributed by atoms with Gasteiger partial charge in [0.2, 0.25) is 0 Å². The molecule has 0 aliphatic carbocycles. The van der Waals surface area contributed by atoms with E-state index in [9.17, 15) is 0 Å². The molecule has 0 saturated heterocycles. The van der Waals surface area contributed by atoms with Crippen molar-refractivity contribution in [1.82, 2.24) is 0 Å². The topological polar surface area (TPSA) is 0 Å². The zero-order chi connectivity index (χ0) is 10.6. The lowest BCUT2D eigenvalue weighted by Gasteiger charge is -2.05. The maximum absolute atomic E-state index is 2.32. The Kier molecular flexibility index (Phi) is 3.94. The largest absolute Gasteiger partial charge is 0.0810 e. The summed E-state index contributed by atoms with van der Waals surface area (Å²) in [5.74, 6) is 0. The van der Waals surface area contributed by atoms with Gasteiger partial charge in [-0.2, -0.15) is 0 Å². The first-order valence-corrected chi connectivity index (χ1v) is 5.39. The number of hydrogen-bond acceptors (Lipinski definition) is 0. The molecular formula is C14H20. The third-order valence-corrected chi connectivity index (χ3v) is 2.70. The number of allylic oxidation sites excluding steroid dienone is 2. The van der Waals surface area contributed by atoms with Gasteiger partial charge in [-0.1, -0.05) is 37.6 Å². The normalized spacial score (nSPS) is 11.9. The summed E-state index contributed by atoms with van der Waals surface area (Å²) in [7, 11) is 0. The Morgan fingerprint density at radius 1 is 1.21 bits per heavy atom. The fraction of sp³-hybridized carbons (Fsp3) is 0.429. The van der Waals surface area contributed by atoms with Crippen molar-refractivity contribution in [3.63, 3.8) is 0 Å². The molecule has 0 radical (unpaired) electrons. The molecule has 0 bridgehead atoms. The van der Waals surface area contributed by atoms with Crippen molar-refractivity contribution >= 4 is 5.57 Å². The fourth-order valence-corrected chi connectivity index (χ4v) is 1.47. The summed E-state index contributed by atoms with van der Waals surface area (Å²) in [4.78, 5) is 0. The highest BCUT2D eigenvalue weighted by atomic mass is 14.0. The predicted octanol–water partition coefficient (Wildman–Crippen LogP) is 4.51. The molecule has 0 atom stereocenters. The van der Waals surface area contributed by atoms with E-state index in [4.69, 9.17) is 0 Å². The molecule has 0 nitrogen and oxygen atoms in total. The van der Waals surface area contributed by atoms with Gasteiger partial charge in [-0.25, -0.2) is 0 Å². The Bertz CT molecular complexity index is 332. The highest BCUT2D eigenvalue weighted by Gasteiger charge is 1.97. The summed E-state index contributed by atoms with van der Waals surface area (Å²) in [6.07, 6.45) is 4.73. The van der Waals surface area contributed by atoms with Crippen molar-refractivity contribution in [2.75, 3.05) is 0 Å². The first-order chi connectivity index (χ1) is 6.65. The van der Waals surface area contributed by atoms with Crippen LogP contribution in [0.2, 0.25) is 0 Å². The molecule has 0 heteroatoms. The molecule has 0 N–H and O–H groups in total. The van der Waals surface area contributed by atoms with E-state index in [1.54, 1.807) is 0 Å². The molecule has 0 amide bonds. The zero-order valence-corrected chi connectivity index (χ0v) is 9.72. The van der Waals surface area contributed by atoms with Gasteiger partial charge >= 0.3 is 0 Å². The number of unbranched alkanes of at least 4 members (excludes halogenated alkanes) is 1. The van der Waals surface area contributed by atoms with Crippen LogP contribution < -0.4 is 0 Å². The van der Waals surface area contributed by atoms with E-state index >= 15 is 0 Å². The maximum Gasteiger partial charge on any atom is -0.0228 e. The van der Waals surface area contributed by atoms with Crippen LogP contribution in [0, 0.1) is 13.8 Å². The molecule has 0 aliphatic rings. The Morgan fingerprint density at radius 3 is 2.50 bits per heavy atom. The van der Waals surface area contributed by atoms with Gasteiger partial charge in [0, 0.05) is 0 Å². The van der Waals surface area contributed by atoms with Gasteiger partial charge in [0.05, 0.1) is 0 Å². The quantitative estimate of drug-likeness (QED) is 0.655. The summed E-state index contributed by atoms with van der Waals surface area (Å²) >= 11 is 0. The molecule has 0 aliphatic heterocycles. The van der Waals surface area contributed by atoms with E-state index < -0.39 is 0 Å². The first kappa shape index (κ1) is 11.0. The third kappa shape index (κ3) is 2.73. The fourth-order valence-electron chi connectivity index (χ4n) is 1.47. The molecule has 1 aromatic carbocycles. The minimum Gasteiger partial charge on any atom is -0.0810 e. The van der Waals surface area contributed by atoms with Crippen LogP contribution in [-0.2, 0) is 0 Å². The summed E-state index contributed by atoms with van der Waals surface area (Å²) < 4.78 is 0. The SMILES string of the molecule is CCC/C=C(\C)c1ccc(C)c(C)c1. The molecule has 76 valence electrons. The van der Waals surface area contributed by atoms with Crippen molar-refractivity contribution in [2.24, 2.45) is 0 Å². The average molecular weight is 188 g/mol. The summed E-state index contributed by atoms with van der Waals surface area (Å²) in [6, 6.07) is 6.69. The molecule has 0 spiro atoms. The smallest absolute Gasteiger partial charge is 0.0228 e. The van der Waals surface area contributed by atoms with E-state index in [0.29, 0.717) is 0 Å². The first-order valence-electron chi connectivity index (χ1n) is 5.39. The summed E-state index contributed by atoms with van der Waals surface area (Å²) in [5.41, 5.74) is 5.51. The van der Waals surface area contributed by atoms with Crippen LogP contribution in [0.25, 0.3) is 5.57 Å². The molecule has 1 rings (SSSR count). The maximum atomic E-state index is 2.32. The van der Waals surface area contributed by atoms with E-state index in [1.807, 2.05) is 0 Å². The van der Waals surface area contributed by atoms with E-state index in [0.717, 1.165) is 0 Å². The summed E-state index contributed by atoms with van der Waals surface area (Å²) in [6.45, 7) is 8.74. The lowest BCUT2D eigenvalue weighted by atomic mass is 10.0. The Labute approximate surface area is 87.7 Å². The average Bonchev–Trinajstić information content (AvgIpc) is 2.18. The highest BCUT2D eigenvalue weighted by molar-refractivity contribution is 5.64. The Morgan fingerprint density at radius 2 is 1.93 bits per heavy atom. The van der Waals surface area contributed by atoms with Crippen LogP contribution in [0.1, 0.15) is 43.4 Å². The second kappa shape index (κ2) is 4.99. The number of aryl methyl sites for hydroxylation is 2. The third-order valence-electron chi connectivity index (χ3n) is 2.70. The number of hydrogen-bond donors (Lipinski definition) is 0. The summed E-state index contributed by atoms with van der Waals surface area (Å²) in [5, 5.41) is 0. The predicted molar refractivity (Wildman–Crippen MR) is 64.5 cm³/mol. The van der Waals surface area contributed by atoms with Crippen LogP contribution in [0.15, 0.2) is 24.3 Å². The van der Waals surface area contributed by atoms with Crippen molar-refractivity contribution < 1.29 is 0 Å². The van der Waals surface area contributed by atoms with Crippen LogP contribution in [0.4, 0.5) is 0 Å². The Balaban J connectivity index is 2.91. The number of rotatable bonds is 3. The van der Waals surface area contributed by atoms with Gasteiger partial charge in [0.1, 0.15) is 0 Å². The van der Waals surface area contributed by atoms with Crippen molar-refractivity contribution in [2.45, 2.75) is 40.5 Å². The van der Waals surface area contributed by atoms with Crippen molar-refractivity contribution in [3.8, 4) is 0 Å². The monoisotopic (exact) mass is 188 g/mol. The second-order valence-electron chi connectivity index (χ2n) is 3.97. The molecule has 14 heavy (non-hydrogen) atoms. The second-order valence-corrected chi connectivity index (χ2v) is 3.97. The zero-order valence-electron chi connectivity index (χ0n) is 9.72. The minimum atomic E-state index is 1.18. The van der Waals surface area contributed by atoms with Gasteiger partial charge in [0.25, 0.3) is 0 Å². The van der Waals surface area contributed by atoms with Gasteiger partial charge in [-0.3, -0.25) is 0 Å². The number of benzene rings is 1. The minimum absolute atomic E-state index is 1.18. The van der Waals surface area contributed by atoms with Gasteiger partial charge in [0.15, 0.2) is 0 Å². The van der Waals surface area contributed by atoms with Crippen LogP contribution in [0.5, 0.6) is 0 Å². The Hall–Kier alpha value is -1.04. The molecule has 0 heterocycles.